The molecule has 0 spiro atoms. The van der Waals surface area contributed by atoms with E-state index < -0.39 is 0 Å². The summed E-state index contributed by atoms with van der Waals surface area (Å²) in [5.74, 6) is 0.515. The molecule has 2 aromatic rings. The first-order chi connectivity index (χ1) is 10.0. The summed E-state index contributed by atoms with van der Waals surface area (Å²) < 4.78 is 5.06. The molecule has 2 N–H and O–H groups in total. The van der Waals surface area contributed by atoms with Gasteiger partial charge in [0, 0.05) is 5.69 Å². The lowest BCUT2D eigenvalue weighted by atomic mass is 10.0. The van der Waals surface area contributed by atoms with E-state index >= 15 is 0 Å². The fourth-order valence-electron chi connectivity index (χ4n) is 1.97. The van der Waals surface area contributed by atoms with Crippen LogP contribution in [0.4, 0.5) is 5.69 Å². The van der Waals surface area contributed by atoms with Crippen molar-refractivity contribution in [1.82, 2.24) is 0 Å². The molecular formula is C17H19NO3. The lowest BCUT2D eigenvalue weighted by molar-refractivity contribution is 0.102. The van der Waals surface area contributed by atoms with Crippen LogP contribution in [0.15, 0.2) is 42.5 Å². The monoisotopic (exact) mass is 285 g/mol. The average Bonchev–Trinajstić information content (AvgIpc) is 2.48. The minimum absolute atomic E-state index is 0.0768. The van der Waals surface area contributed by atoms with Gasteiger partial charge in [-0.25, -0.2) is 0 Å². The number of rotatable bonds is 4. The highest BCUT2D eigenvalue weighted by molar-refractivity contribution is 6.06. The first-order valence-electron chi connectivity index (χ1n) is 6.79. The SMILES string of the molecule is COc1ccc(O)c(C(=O)Nc2ccc(C(C)C)cc2)c1. The Kier molecular flexibility index (Phi) is 4.48. The van der Waals surface area contributed by atoms with Crippen molar-refractivity contribution in [3.63, 3.8) is 0 Å². The van der Waals surface area contributed by atoms with E-state index in [1.54, 1.807) is 6.07 Å². The molecule has 4 nitrogen and oxygen atoms in total. The van der Waals surface area contributed by atoms with Gasteiger partial charge in [0.15, 0.2) is 0 Å². The second kappa shape index (κ2) is 6.31. The van der Waals surface area contributed by atoms with Crippen LogP contribution in [0.5, 0.6) is 11.5 Å². The number of ether oxygens (including phenoxy) is 1. The average molecular weight is 285 g/mol. The van der Waals surface area contributed by atoms with Crippen molar-refractivity contribution < 1.29 is 14.6 Å². The Labute approximate surface area is 124 Å². The van der Waals surface area contributed by atoms with Crippen molar-refractivity contribution in [1.29, 1.82) is 0 Å². The van der Waals surface area contributed by atoms with Crippen LogP contribution in [0.2, 0.25) is 0 Å². The molecule has 21 heavy (non-hydrogen) atoms. The molecule has 0 unspecified atom stereocenters. The van der Waals surface area contributed by atoms with Crippen LogP contribution in [0.3, 0.4) is 0 Å². The van der Waals surface area contributed by atoms with Gasteiger partial charge in [-0.2, -0.15) is 0 Å². The van der Waals surface area contributed by atoms with Crippen LogP contribution in [0.25, 0.3) is 0 Å². The number of benzene rings is 2. The maximum Gasteiger partial charge on any atom is 0.259 e. The minimum Gasteiger partial charge on any atom is -0.507 e. The van der Waals surface area contributed by atoms with Gasteiger partial charge >= 0.3 is 0 Å². The van der Waals surface area contributed by atoms with Crippen LogP contribution in [0.1, 0.15) is 35.7 Å². The molecule has 1 amide bonds. The number of anilines is 1. The quantitative estimate of drug-likeness (QED) is 0.898. The highest BCUT2D eigenvalue weighted by atomic mass is 16.5. The van der Waals surface area contributed by atoms with Gasteiger partial charge in [0.25, 0.3) is 5.91 Å². The Morgan fingerprint density at radius 2 is 1.81 bits per heavy atom. The van der Waals surface area contributed by atoms with Gasteiger partial charge in [-0.05, 0) is 41.8 Å². The van der Waals surface area contributed by atoms with Crippen molar-refractivity contribution in [2.75, 3.05) is 12.4 Å². The van der Waals surface area contributed by atoms with Gasteiger partial charge in [0.05, 0.1) is 12.7 Å². The van der Waals surface area contributed by atoms with Crippen LogP contribution >= 0.6 is 0 Å². The van der Waals surface area contributed by atoms with E-state index in [1.807, 2.05) is 24.3 Å². The van der Waals surface area contributed by atoms with Gasteiger partial charge in [0.2, 0.25) is 0 Å². The van der Waals surface area contributed by atoms with Crippen LogP contribution in [0, 0.1) is 0 Å². The van der Waals surface area contributed by atoms with E-state index in [0.717, 1.165) is 0 Å². The third-order valence-corrected chi connectivity index (χ3v) is 3.28. The number of hydrogen-bond donors (Lipinski definition) is 2. The first-order valence-corrected chi connectivity index (χ1v) is 6.79. The van der Waals surface area contributed by atoms with Crippen LogP contribution in [-0.2, 0) is 0 Å². The number of phenols is 1. The summed E-state index contributed by atoms with van der Waals surface area (Å²) in [6.07, 6.45) is 0. The Morgan fingerprint density at radius 1 is 1.14 bits per heavy atom. The molecule has 0 heterocycles. The molecule has 0 bridgehead atoms. The van der Waals surface area contributed by atoms with E-state index in [-0.39, 0.29) is 17.2 Å². The molecule has 110 valence electrons. The smallest absolute Gasteiger partial charge is 0.259 e. The standard InChI is InChI=1S/C17H19NO3/c1-11(2)12-4-6-13(7-5-12)18-17(20)15-10-14(21-3)8-9-16(15)19/h4-11,19H,1-3H3,(H,18,20). The molecular weight excluding hydrogens is 266 g/mol. The van der Waals surface area contributed by atoms with Crippen LogP contribution < -0.4 is 10.1 Å². The lowest BCUT2D eigenvalue weighted by Gasteiger charge is -2.10. The van der Waals surface area contributed by atoms with Crippen molar-refractivity contribution >= 4 is 11.6 Å². The predicted molar refractivity (Wildman–Crippen MR) is 83.1 cm³/mol. The summed E-state index contributed by atoms with van der Waals surface area (Å²) in [4.78, 5) is 12.2. The van der Waals surface area contributed by atoms with E-state index in [0.29, 0.717) is 17.4 Å². The third kappa shape index (κ3) is 3.54. The molecule has 0 fully saturated rings. The topological polar surface area (TPSA) is 58.6 Å². The first kappa shape index (κ1) is 14.9. The molecule has 2 rings (SSSR count). The molecule has 0 aliphatic heterocycles. The fraction of sp³-hybridized carbons (Fsp3) is 0.235. The Bertz CT molecular complexity index is 633. The number of nitrogens with one attached hydrogen (secondary N) is 1. The largest absolute Gasteiger partial charge is 0.507 e. The molecule has 2 aromatic carbocycles. The van der Waals surface area contributed by atoms with Crippen molar-refractivity contribution in [2.45, 2.75) is 19.8 Å². The maximum atomic E-state index is 12.2. The van der Waals surface area contributed by atoms with Crippen molar-refractivity contribution in [2.24, 2.45) is 0 Å². The summed E-state index contributed by atoms with van der Waals surface area (Å²) in [5.41, 5.74) is 2.08. The number of carbonyl (C=O) groups is 1. The zero-order valence-electron chi connectivity index (χ0n) is 12.4. The molecule has 0 atom stereocenters. The number of amides is 1. The van der Waals surface area contributed by atoms with E-state index in [1.165, 1.54) is 24.8 Å². The second-order valence-corrected chi connectivity index (χ2v) is 5.11. The molecule has 0 radical (unpaired) electrons. The fourth-order valence-corrected chi connectivity index (χ4v) is 1.97. The van der Waals surface area contributed by atoms with Gasteiger partial charge in [-0.3, -0.25) is 4.79 Å². The number of aromatic hydroxyl groups is 1. The van der Waals surface area contributed by atoms with Crippen molar-refractivity contribution in [3.05, 3.63) is 53.6 Å². The predicted octanol–water partition coefficient (Wildman–Crippen LogP) is 3.78. The minimum atomic E-state index is -0.372. The second-order valence-electron chi connectivity index (χ2n) is 5.11. The number of hydrogen-bond acceptors (Lipinski definition) is 3. The van der Waals surface area contributed by atoms with Gasteiger partial charge in [0.1, 0.15) is 11.5 Å². The van der Waals surface area contributed by atoms with E-state index in [2.05, 4.69) is 19.2 Å². The summed E-state index contributed by atoms with van der Waals surface area (Å²) in [6, 6.07) is 12.2. The van der Waals surface area contributed by atoms with E-state index in [9.17, 15) is 9.90 Å². The number of phenolic OH excluding ortho intramolecular Hbond substituents is 1. The van der Waals surface area contributed by atoms with Gasteiger partial charge in [-0.15, -0.1) is 0 Å². The molecule has 0 aliphatic carbocycles. The normalized spacial score (nSPS) is 10.5. The molecule has 4 heteroatoms. The Hall–Kier alpha value is -2.49. The molecule has 0 saturated heterocycles. The summed E-state index contributed by atoms with van der Waals surface area (Å²) in [7, 11) is 1.51. The number of methoxy groups -OCH3 is 1. The maximum absolute atomic E-state index is 12.2. The zero-order chi connectivity index (χ0) is 15.4. The Morgan fingerprint density at radius 3 is 2.38 bits per heavy atom. The molecule has 0 saturated carbocycles. The highest BCUT2D eigenvalue weighted by Gasteiger charge is 2.12. The summed E-state index contributed by atoms with van der Waals surface area (Å²) in [6.45, 7) is 4.23. The van der Waals surface area contributed by atoms with Crippen LogP contribution in [-0.4, -0.2) is 18.1 Å². The van der Waals surface area contributed by atoms with Crippen molar-refractivity contribution in [3.8, 4) is 11.5 Å². The number of carbonyl (C=O) groups excluding carboxylic acids is 1. The molecule has 0 aliphatic rings. The third-order valence-electron chi connectivity index (χ3n) is 3.28. The van der Waals surface area contributed by atoms with E-state index in [4.69, 9.17) is 4.74 Å². The van der Waals surface area contributed by atoms with Gasteiger partial charge < -0.3 is 15.2 Å². The molecule has 0 aromatic heterocycles. The summed E-state index contributed by atoms with van der Waals surface area (Å²) in [5, 5.41) is 12.5. The zero-order valence-corrected chi connectivity index (χ0v) is 12.4. The summed E-state index contributed by atoms with van der Waals surface area (Å²) >= 11 is 0. The lowest BCUT2D eigenvalue weighted by Crippen LogP contribution is -2.12. The Balaban J connectivity index is 2.17. The highest BCUT2D eigenvalue weighted by Crippen LogP contribution is 2.24. The van der Waals surface area contributed by atoms with Gasteiger partial charge in [-0.1, -0.05) is 26.0 Å².